The number of carbonyl (C=O) groups excluding carboxylic acids is 1. The molecule has 108 valence electrons. The van der Waals surface area contributed by atoms with Crippen molar-refractivity contribution in [2.75, 3.05) is 7.11 Å². The lowest BCUT2D eigenvalue weighted by Gasteiger charge is -2.15. The van der Waals surface area contributed by atoms with Gasteiger partial charge in [-0.15, -0.1) is 0 Å². The largest absolute Gasteiger partial charge is 0.497 e. The van der Waals surface area contributed by atoms with Gasteiger partial charge in [-0.3, -0.25) is 9.78 Å². The summed E-state index contributed by atoms with van der Waals surface area (Å²) in [5.74, 6) is 0.758. The van der Waals surface area contributed by atoms with Crippen molar-refractivity contribution in [2.45, 2.75) is 25.8 Å². The van der Waals surface area contributed by atoms with Crippen LogP contribution in [0.1, 0.15) is 39.6 Å². The summed E-state index contributed by atoms with van der Waals surface area (Å²) in [6, 6.07) is 9.70. The van der Waals surface area contributed by atoms with E-state index < -0.39 is 0 Å². The van der Waals surface area contributed by atoms with E-state index in [0.29, 0.717) is 5.56 Å². The first-order valence-electron chi connectivity index (χ1n) is 7.08. The van der Waals surface area contributed by atoms with E-state index in [1.807, 2.05) is 19.1 Å². The Morgan fingerprint density at radius 1 is 1.38 bits per heavy atom. The van der Waals surface area contributed by atoms with Gasteiger partial charge in [0, 0.05) is 11.9 Å². The zero-order valence-electron chi connectivity index (χ0n) is 12.2. The van der Waals surface area contributed by atoms with Crippen LogP contribution in [0.4, 0.5) is 0 Å². The molecule has 1 N–H and O–H groups in total. The number of hydrogen-bond donors (Lipinski definition) is 1. The van der Waals surface area contributed by atoms with Crippen molar-refractivity contribution < 1.29 is 9.53 Å². The van der Waals surface area contributed by atoms with Gasteiger partial charge in [0.15, 0.2) is 0 Å². The molecule has 4 nitrogen and oxygen atoms in total. The predicted molar refractivity (Wildman–Crippen MR) is 80.5 cm³/mol. The van der Waals surface area contributed by atoms with Crippen molar-refractivity contribution in [1.29, 1.82) is 0 Å². The summed E-state index contributed by atoms with van der Waals surface area (Å²) in [7, 11) is 1.66. The Morgan fingerprint density at radius 3 is 3.00 bits per heavy atom. The van der Waals surface area contributed by atoms with Crippen LogP contribution in [0.3, 0.4) is 0 Å². The van der Waals surface area contributed by atoms with Crippen molar-refractivity contribution in [2.24, 2.45) is 0 Å². The average Bonchev–Trinajstić information content (AvgIpc) is 2.90. The van der Waals surface area contributed by atoms with Crippen LogP contribution in [0, 0.1) is 6.92 Å². The van der Waals surface area contributed by atoms with Crippen molar-refractivity contribution in [3.63, 3.8) is 0 Å². The van der Waals surface area contributed by atoms with E-state index in [4.69, 9.17) is 4.74 Å². The van der Waals surface area contributed by atoms with Crippen LogP contribution in [-0.2, 0) is 6.42 Å². The number of pyridine rings is 1. The molecule has 0 bridgehead atoms. The smallest absolute Gasteiger partial charge is 0.253 e. The summed E-state index contributed by atoms with van der Waals surface area (Å²) in [4.78, 5) is 16.6. The third-order valence-corrected chi connectivity index (χ3v) is 3.99. The molecule has 0 saturated heterocycles. The molecule has 1 atom stereocenters. The monoisotopic (exact) mass is 282 g/mol. The molecule has 3 rings (SSSR count). The van der Waals surface area contributed by atoms with Gasteiger partial charge >= 0.3 is 0 Å². The quantitative estimate of drug-likeness (QED) is 0.941. The second-order valence-electron chi connectivity index (χ2n) is 5.27. The predicted octanol–water partition coefficient (Wildman–Crippen LogP) is 2.82. The number of ether oxygens (including phenoxy) is 1. The highest BCUT2D eigenvalue weighted by Crippen LogP contribution is 2.33. The van der Waals surface area contributed by atoms with E-state index in [0.717, 1.165) is 29.8 Å². The molecule has 21 heavy (non-hydrogen) atoms. The van der Waals surface area contributed by atoms with Gasteiger partial charge in [0.25, 0.3) is 5.91 Å². The van der Waals surface area contributed by atoms with Crippen molar-refractivity contribution in [3.05, 3.63) is 58.9 Å². The SMILES string of the molecule is COc1ccc2c(c1)[C@H](NC(=O)c1cccnc1C)CC2. The minimum Gasteiger partial charge on any atom is -0.497 e. The Morgan fingerprint density at radius 2 is 2.24 bits per heavy atom. The van der Waals surface area contributed by atoms with Gasteiger partial charge in [-0.05, 0) is 55.2 Å². The topological polar surface area (TPSA) is 51.2 Å². The summed E-state index contributed by atoms with van der Waals surface area (Å²) >= 11 is 0. The maximum Gasteiger partial charge on any atom is 0.253 e. The van der Waals surface area contributed by atoms with E-state index in [2.05, 4.69) is 16.4 Å². The molecule has 0 aliphatic heterocycles. The van der Waals surface area contributed by atoms with E-state index in [1.165, 1.54) is 5.56 Å². The maximum atomic E-state index is 12.4. The number of carbonyl (C=O) groups is 1. The second kappa shape index (κ2) is 5.56. The number of rotatable bonds is 3. The molecule has 0 fully saturated rings. The molecule has 1 aromatic carbocycles. The highest BCUT2D eigenvalue weighted by molar-refractivity contribution is 5.95. The second-order valence-corrected chi connectivity index (χ2v) is 5.27. The normalized spacial score (nSPS) is 16.4. The number of nitrogens with zero attached hydrogens (tertiary/aromatic N) is 1. The number of fused-ring (bicyclic) bond motifs is 1. The minimum absolute atomic E-state index is 0.0437. The van der Waals surface area contributed by atoms with Crippen LogP contribution >= 0.6 is 0 Å². The lowest BCUT2D eigenvalue weighted by Crippen LogP contribution is -2.27. The Hall–Kier alpha value is -2.36. The fourth-order valence-corrected chi connectivity index (χ4v) is 2.82. The molecule has 0 radical (unpaired) electrons. The number of aromatic nitrogens is 1. The van der Waals surface area contributed by atoms with Gasteiger partial charge in [-0.2, -0.15) is 0 Å². The first-order chi connectivity index (χ1) is 10.2. The average molecular weight is 282 g/mol. The van der Waals surface area contributed by atoms with Crippen LogP contribution in [0.5, 0.6) is 5.75 Å². The molecule has 1 aliphatic rings. The lowest BCUT2D eigenvalue weighted by atomic mass is 10.1. The molecule has 1 amide bonds. The fourth-order valence-electron chi connectivity index (χ4n) is 2.82. The van der Waals surface area contributed by atoms with E-state index in [9.17, 15) is 4.79 Å². The molecule has 0 unspecified atom stereocenters. The standard InChI is InChI=1S/C17H18N2O2/c1-11-14(4-3-9-18-11)17(20)19-16-8-6-12-5-7-13(21-2)10-15(12)16/h3-5,7,9-10,16H,6,8H2,1-2H3,(H,19,20)/t16-/m1/s1. The molecule has 0 spiro atoms. The molecular weight excluding hydrogens is 264 g/mol. The van der Waals surface area contributed by atoms with E-state index in [-0.39, 0.29) is 11.9 Å². The van der Waals surface area contributed by atoms with Gasteiger partial charge in [0.1, 0.15) is 5.75 Å². The number of methoxy groups -OCH3 is 1. The molecule has 1 aromatic heterocycles. The number of aryl methyl sites for hydroxylation is 2. The first kappa shape index (κ1) is 13.6. The molecule has 0 saturated carbocycles. The van der Waals surface area contributed by atoms with E-state index in [1.54, 1.807) is 25.4 Å². The fraction of sp³-hybridized carbons (Fsp3) is 0.294. The minimum atomic E-state index is -0.0683. The van der Waals surface area contributed by atoms with Gasteiger partial charge in [0.05, 0.1) is 18.7 Å². The zero-order valence-corrected chi connectivity index (χ0v) is 12.2. The van der Waals surface area contributed by atoms with Gasteiger partial charge in [0.2, 0.25) is 0 Å². The van der Waals surface area contributed by atoms with Crippen LogP contribution in [0.15, 0.2) is 36.5 Å². The Balaban J connectivity index is 1.82. The van der Waals surface area contributed by atoms with Crippen molar-refractivity contribution in [3.8, 4) is 5.75 Å². The molecule has 1 aliphatic carbocycles. The molecular formula is C17H18N2O2. The summed E-state index contributed by atoms with van der Waals surface area (Å²) in [5.41, 5.74) is 3.82. The number of amides is 1. The summed E-state index contributed by atoms with van der Waals surface area (Å²) < 4.78 is 5.27. The summed E-state index contributed by atoms with van der Waals surface area (Å²) in [6.07, 6.45) is 3.60. The van der Waals surface area contributed by atoms with Gasteiger partial charge in [-0.25, -0.2) is 0 Å². The summed E-state index contributed by atoms with van der Waals surface area (Å²) in [5, 5.41) is 3.11. The Kier molecular flexibility index (Phi) is 3.60. The third kappa shape index (κ3) is 2.61. The van der Waals surface area contributed by atoms with Crippen molar-refractivity contribution >= 4 is 5.91 Å². The highest BCUT2D eigenvalue weighted by atomic mass is 16.5. The number of benzene rings is 1. The lowest BCUT2D eigenvalue weighted by molar-refractivity contribution is 0.0935. The van der Waals surface area contributed by atoms with Crippen LogP contribution in [0.25, 0.3) is 0 Å². The van der Waals surface area contributed by atoms with E-state index >= 15 is 0 Å². The first-order valence-corrected chi connectivity index (χ1v) is 7.08. The summed E-state index contributed by atoms with van der Waals surface area (Å²) in [6.45, 7) is 1.85. The molecule has 4 heteroatoms. The van der Waals surface area contributed by atoms with Crippen LogP contribution < -0.4 is 10.1 Å². The Bertz CT molecular complexity index is 682. The Labute approximate surface area is 124 Å². The maximum absolute atomic E-state index is 12.4. The zero-order chi connectivity index (χ0) is 14.8. The number of hydrogen-bond acceptors (Lipinski definition) is 3. The molecule has 1 heterocycles. The third-order valence-electron chi connectivity index (χ3n) is 3.99. The number of nitrogens with one attached hydrogen (secondary N) is 1. The highest BCUT2D eigenvalue weighted by Gasteiger charge is 2.25. The van der Waals surface area contributed by atoms with Crippen LogP contribution in [-0.4, -0.2) is 18.0 Å². The van der Waals surface area contributed by atoms with Crippen molar-refractivity contribution in [1.82, 2.24) is 10.3 Å². The van der Waals surface area contributed by atoms with Crippen LogP contribution in [0.2, 0.25) is 0 Å². The molecule has 2 aromatic rings. The van der Waals surface area contributed by atoms with Gasteiger partial charge in [-0.1, -0.05) is 6.07 Å². The van der Waals surface area contributed by atoms with Gasteiger partial charge < -0.3 is 10.1 Å².